The van der Waals surface area contributed by atoms with Crippen molar-refractivity contribution in [1.82, 2.24) is 10.4 Å². The monoisotopic (exact) mass is 245 g/mol. The fraction of sp³-hybridized carbons (Fsp3) is 0.500. The fourth-order valence-electron chi connectivity index (χ4n) is 2.24. The van der Waals surface area contributed by atoms with Crippen molar-refractivity contribution >= 4 is 11.6 Å². The molecule has 96 valence electrons. The van der Waals surface area contributed by atoms with Crippen LogP contribution >= 0.6 is 0 Å². The minimum absolute atomic E-state index is 0.0536. The van der Waals surface area contributed by atoms with Crippen LogP contribution in [0.4, 0.5) is 0 Å². The third kappa shape index (κ3) is 3.39. The molecule has 1 aromatic heterocycles. The minimum atomic E-state index is 0.0536. The maximum absolute atomic E-state index is 11.9. The van der Waals surface area contributed by atoms with E-state index in [2.05, 4.69) is 15.5 Å². The van der Waals surface area contributed by atoms with E-state index in [-0.39, 0.29) is 11.8 Å². The number of carbonyl (C=O) groups excluding carboxylic acids is 1. The van der Waals surface area contributed by atoms with Crippen LogP contribution in [0.2, 0.25) is 0 Å². The van der Waals surface area contributed by atoms with Gasteiger partial charge in [-0.3, -0.25) is 9.78 Å². The van der Waals surface area contributed by atoms with Crippen molar-refractivity contribution in [2.45, 2.75) is 39.0 Å². The molecule has 1 amide bonds. The summed E-state index contributed by atoms with van der Waals surface area (Å²) in [6.45, 7) is 1.87. The molecule has 1 aliphatic rings. The molecule has 0 radical (unpaired) electrons. The van der Waals surface area contributed by atoms with Crippen molar-refractivity contribution in [3.63, 3.8) is 0 Å². The van der Waals surface area contributed by atoms with E-state index in [4.69, 9.17) is 0 Å². The first kappa shape index (κ1) is 12.7. The Bertz CT molecular complexity index is 422. The van der Waals surface area contributed by atoms with Gasteiger partial charge in [-0.05, 0) is 25.8 Å². The molecule has 0 saturated heterocycles. The van der Waals surface area contributed by atoms with E-state index < -0.39 is 0 Å². The third-order valence-electron chi connectivity index (χ3n) is 3.39. The molecule has 0 atom stereocenters. The predicted octanol–water partition coefficient (Wildman–Crippen LogP) is 2.50. The number of rotatable bonds is 3. The first-order valence-electron chi connectivity index (χ1n) is 6.52. The Balaban J connectivity index is 1.91. The number of nitrogens with zero attached hydrogens (tertiary/aromatic N) is 2. The Morgan fingerprint density at radius 1 is 1.39 bits per heavy atom. The summed E-state index contributed by atoms with van der Waals surface area (Å²) in [5.41, 5.74) is 4.39. The van der Waals surface area contributed by atoms with Crippen LogP contribution in [0.25, 0.3) is 0 Å². The molecule has 1 aliphatic carbocycles. The second kappa shape index (κ2) is 6.28. The summed E-state index contributed by atoms with van der Waals surface area (Å²) in [6, 6.07) is 3.79. The van der Waals surface area contributed by atoms with Crippen LogP contribution in [0.1, 0.15) is 44.6 Å². The van der Waals surface area contributed by atoms with Gasteiger partial charge in [0.05, 0.1) is 5.71 Å². The van der Waals surface area contributed by atoms with E-state index in [0.717, 1.165) is 37.0 Å². The molecule has 0 unspecified atom stereocenters. The molecule has 2 rings (SSSR count). The number of carbonyl (C=O) groups is 1. The fourth-order valence-corrected chi connectivity index (χ4v) is 2.24. The van der Waals surface area contributed by atoms with Crippen molar-refractivity contribution in [3.8, 4) is 0 Å². The zero-order valence-electron chi connectivity index (χ0n) is 10.7. The molecule has 1 heterocycles. The lowest BCUT2D eigenvalue weighted by Gasteiger charge is -2.19. The Labute approximate surface area is 108 Å². The van der Waals surface area contributed by atoms with Gasteiger partial charge in [-0.15, -0.1) is 0 Å². The molecule has 4 nitrogen and oxygen atoms in total. The van der Waals surface area contributed by atoms with Gasteiger partial charge in [0.2, 0.25) is 5.91 Å². The SMILES string of the molecule is C/C(=N\NC(=O)C1CCCCC1)c1cccnc1. The van der Waals surface area contributed by atoms with Crippen molar-refractivity contribution in [2.24, 2.45) is 11.0 Å². The van der Waals surface area contributed by atoms with Gasteiger partial charge in [0.15, 0.2) is 0 Å². The van der Waals surface area contributed by atoms with Gasteiger partial charge in [0.25, 0.3) is 0 Å². The van der Waals surface area contributed by atoms with Crippen molar-refractivity contribution in [1.29, 1.82) is 0 Å². The maximum atomic E-state index is 11.9. The second-order valence-corrected chi connectivity index (χ2v) is 4.75. The number of amides is 1. The van der Waals surface area contributed by atoms with Gasteiger partial charge in [-0.25, -0.2) is 5.43 Å². The number of hydrogen-bond donors (Lipinski definition) is 1. The van der Waals surface area contributed by atoms with Gasteiger partial charge in [0, 0.05) is 23.9 Å². The number of pyridine rings is 1. The lowest BCUT2D eigenvalue weighted by Crippen LogP contribution is -2.29. The zero-order valence-corrected chi connectivity index (χ0v) is 10.7. The number of hydrazone groups is 1. The molecule has 18 heavy (non-hydrogen) atoms. The van der Waals surface area contributed by atoms with Gasteiger partial charge >= 0.3 is 0 Å². The Morgan fingerprint density at radius 2 is 2.17 bits per heavy atom. The van der Waals surface area contributed by atoms with E-state index in [1.807, 2.05) is 19.1 Å². The van der Waals surface area contributed by atoms with E-state index in [1.165, 1.54) is 6.42 Å². The third-order valence-corrected chi connectivity index (χ3v) is 3.39. The molecule has 0 spiro atoms. The largest absolute Gasteiger partial charge is 0.273 e. The average molecular weight is 245 g/mol. The molecule has 0 aromatic carbocycles. The van der Waals surface area contributed by atoms with Crippen LogP contribution in [-0.4, -0.2) is 16.6 Å². The van der Waals surface area contributed by atoms with Gasteiger partial charge in [-0.1, -0.05) is 25.3 Å². The van der Waals surface area contributed by atoms with E-state index in [9.17, 15) is 4.79 Å². The second-order valence-electron chi connectivity index (χ2n) is 4.75. The van der Waals surface area contributed by atoms with Crippen molar-refractivity contribution in [2.75, 3.05) is 0 Å². The van der Waals surface area contributed by atoms with Crippen LogP contribution < -0.4 is 5.43 Å². The molecule has 0 bridgehead atoms. The van der Waals surface area contributed by atoms with E-state index in [0.29, 0.717) is 0 Å². The standard InChI is InChI=1S/C14H19N3O/c1-11(13-8-5-9-15-10-13)16-17-14(18)12-6-3-2-4-7-12/h5,8-10,12H,2-4,6-7H2,1H3,(H,17,18)/b16-11+. The summed E-state index contributed by atoms with van der Waals surface area (Å²) in [6.07, 6.45) is 9.01. The molecule has 4 heteroatoms. The average Bonchev–Trinajstić information content (AvgIpc) is 2.46. The normalized spacial score (nSPS) is 17.5. The summed E-state index contributed by atoms with van der Waals surface area (Å²) in [7, 11) is 0. The lowest BCUT2D eigenvalue weighted by atomic mass is 9.89. The Morgan fingerprint density at radius 3 is 2.83 bits per heavy atom. The highest BCUT2D eigenvalue weighted by Crippen LogP contribution is 2.23. The van der Waals surface area contributed by atoms with Gasteiger partial charge in [0.1, 0.15) is 0 Å². The van der Waals surface area contributed by atoms with Crippen LogP contribution in [-0.2, 0) is 4.79 Å². The van der Waals surface area contributed by atoms with Crippen LogP contribution in [0.5, 0.6) is 0 Å². The Hall–Kier alpha value is -1.71. The van der Waals surface area contributed by atoms with Gasteiger partial charge in [-0.2, -0.15) is 5.10 Å². The summed E-state index contributed by atoms with van der Waals surface area (Å²) < 4.78 is 0. The summed E-state index contributed by atoms with van der Waals surface area (Å²) in [4.78, 5) is 15.9. The predicted molar refractivity (Wildman–Crippen MR) is 71.2 cm³/mol. The molecule has 0 aliphatic heterocycles. The maximum Gasteiger partial charge on any atom is 0.243 e. The highest BCUT2D eigenvalue weighted by molar-refractivity contribution is 5.99. The lowest BCUT2D eigenvalue weighted by molar-refractivity contribution is -0.125. The number of aromatic nitrogens is 1. The Kier molecular flexibility index (Phi) is 4.45. The molecule has 1 N–H and O–H groups in total. The minimum Gasteiger partial charge on any atom is -0.273 e. The summed E-state index contributed by atoms with van der Waals surface area (Å²) in [5, 5.41) is 4.15. The number of nitrogens with one attached hydrogen (secondary N) is 1. The quantitative estimate of drug-likeness (QED) is 0.657. The molecular formula is C14H19N3O. The summed E-state index contributed by atoms with van der Waals surface area (Å²) >= 11 is 0. The first-order valence-corrected chi connectivity index (χ1v) is 6.52. The molecular weight excluding hydrogens is 226 g/mol. The number of hydrogen-bond acceptors (Lipinski definition) is 3. The van der Waals surface area contributed by atoms with E-state index >= 15 is 0 Å². The van der Waals surface area contributed by atoms with Crippen LogP contribution in [0, 0.1) is 5.92 Å². The molecule has 1 fully saturated rings. The van der Waals surface area contributed by atoms with Crippen LogP contribution in [0.15, 0.2) is 29.6 Å². The highest BCUT2D eigenvalue weighted by atomic mass is 16.2. The van der Waals surface area contributed by atoms with E-state index in [1.54, 1.807) is 12.4 Å². The van der Waals surface area contributed by atoms with Crippen LogP contribution in [0.3, 0.4) is 0 Å². The van der Waals surface area contributed by atoms with Crippen molar-refractivity contribution in [3.05, 3.63) is 30.1 Å². The highest BCUT2D eigenvalue weighted by Gasteiger charge is 2.20. The van der Waals surface area contributed by atoms with Crippen molar-refractivity contribution < 1.29 is 4.79 Å². The van der Waals surface area contributed by atoms with Gasteiger partial charge < -0.3 is 0 Å². The zero-order chi connectivity index (χ0) is 12.8. The topological polar surface area (TPSA) is 54.4 Å². The molecule has 1 aromatic rings. The first-order chi connectivity index (χ1) is 8.77. The smallest absolute Gasteiger partial charge is 0.243 e. The molecule has 1 saturated carbocycles. The summed E-state index contributed by atoms with van der Waals surface area (Å²) in [5.74, 6) is 0.196.